The molecule has 0 aromatic heterocycles. The summed E-state index contributed by atoms with van der Waals surface area (Å²) in [6, 6.07) is -0.541. The highest BCUT2D eigenvalue weighted by atomic mass is 16.5. The van der Waals surface area contributed by atoms with Crippen LogP contribution in [0.25, 0.3) is 0 Å². The molecule has 0 bridgehead atoms. The van der Waals surface area contributed by atoms with Crippen molar-refractivity contribution >= 4 is 11.9 Å². The molecule has 6 nitrogen and oxygen atoms in total. The van der Waals surface area contributed by atoms with E-state index in [1.165, 1.54) is 392 Å². The van der Waals surface area contributed by atoms with Gasteiger partial charge >= 0.3 is 5.97 Å². The largest absolute Gasteiger partial charge is 0.466 e. The first-order chi connectivity index (χ1) is 44.0. The third kappa shape index (κ3) is 75.3. The average molecular weight is 1250 g/mol. The maximum atomic E-state index is 12.6. The summed E-state index contributed by atoms with van der Waals surface area (Å²) in [6.45, 7) is 5.01. The standard InChI is InChI=1S/C83H161NO5/c1-3-5-7-9-11-13-15-17-19-21-23-40-43-47-51-55-59-63-67-71-75-81(86)80(79-85)84-82(87)76-72-68-64-60-56-52-48-44-41-37-35-33-31-29-27-25-24-26-28-30-32-34-36-38-42-46-50-54-58-62-66-70-74-78-89-83(88)77-73-69-65-61-57-53-49-45-39-22-20-18-16-14-12-10-8-6-4-2/h28,30,34,36,80-81,85-86H,3-27,29,31-33,35,37-79H2,1-2H3,(H,84,87)/b30-28-,36-34-. The number of ether oxygens (including phenoxy) is 1. The molecule has 0 radical (unpaired) electrons. The molecule has 2 unspecified atom stereocenters. The first kappa shape index (κ1) is 87.3. The van der Waals surface area contributed by atoms with E-state index in [4.69, 9.17) is 4.74 Å². The molecule has 6 heteroatoms. The van der Waals surface area contributed by atoms with Crippen LogP contribution in [0.2, 0.25) is 0 Å². The fraction of sp³-hybridized carbons (Fsp3) is 0.928. The number of amides is 1. The zero-order valence-corrected chi connectivity index (χ0v) is 60.7. The van der Waals surface area contributed by atoms with E-state index in [2.05, 4.69) is 43.5 Å². The van der Waals surface area contributed by atoms with Gasteiger partial charge in [0.15, 0.2) is 0 Å². The van der Waals surface area contributed by atoms with Gasteiger partial charge in [0.1, 0.15) is 0 Å². The first-order valence-electron chi connectivity index (χ1n) is 41.1. The van der Waals surface area contributed by atoms with Gasteiger partial charge in [-0.05, 0) is 57.8 Å². The average Bonchev–Trinajstić information content (AvgIpc) is 3.62. The van der Waals surface area contributed by atoms with Crippen LogP contribution in [0.1, 0.15) is 470 Å². The molecule has 1 amide bonds. The van der Waals surface area contributed by atoms with Crippen molar-refractivity contribution in [3.05, 3.63) is 24.3 Å². The number of unbranched alkanes of at least 4 members (excludes halogenated alkanes) is 63. The summed E-state index contributed by atoms with van der Waals surface area (Å²) in [5, 5.41) is 23.4. The second-order valence-electron chi connectivity index (χ2n) is 28.5. The zero-order valence-electron chi connectivity index (χ0n) is 60.7. The minimum absolute atomic E-state index is 0.0202. The van der Waals surface area contributed by atoms with Crippen LogP contribution in [-0.2, 0) is 14.3 Å². The molecular formula is C83H161NO5. The van der Waals surface area contributed by atoms with Gasteiger partial charge in [-0.25, -0.2) is 0 Å². The van der Waals surface area contributed by atoms with Gasteiger partial charge in [-0.15, -0.1) is 0 Å². The summed E-state index contributed by atoms with van der Waals surface area (Å²) < 4.78 is 5.52. The number of hydrogen-bond acceptors (Lipinski definition) is 5. The van der Waals surface area contributed by atoms with Gasteiger partial charge in [-0.2, -0.15) is 0 Å². The molecule has 0 saturated heterocycles. The normalized spacial score (nSPS) is 12.5. The summed E-state index contributed by atoms with van der Waals surface area (Å²) >= 11 is 0. The molecule has 0 spiro atoms. The lowest BCUT2D eigenvalue weighted by Gasteiger charge is -2.22. The van der Waals surface area contributed by atoms with Gasteiger partial charge in [-0.3, -0.25) is 9.59 Å². The van der Waals surface area contributed by atoms with E-state index in [-0.39, 0.29) is 18.5 Å². The number of rotatable bonds is 78. The Kier molecular flexibility index (Phi) is 77.3. The number of esters is 1. The molecule has 0 aromatic carbocycles. The third-order valence-electron chi connectivity index (χ3n) is 19.5. The molecular weight excluding hydrogens is 1090 g/mol. The molecule has 528 valence electrons. The quantitative estimate of drug-likeness (QED) is 0.0320. The molecule has 0 aliphatic heterocycles. The van der Waals surface area contributed by atoms with E-state index in [0.29, 0.717) is 25.9 Å². The number of aliphatic hydroxyl groups is 2. The van der Waals surface area contributed by atoms with Crippen molar-refractivity contribution < 1.29 is 24.5 Å². The monoisotopic (exact) mass is 1250 g/mol. The Hall–Kier alpha value is -1.66. The van der Waals surface area contributed by atoms with Gasteiger partial charge in [0.2, 0.25) is 5.91 Å². The SMILES string of the molecule is CCCCCCCCCCCCCCCCCCCCCCC(O)C(CO)NC(=O)CCCCCCCCCCCCCCCCCCC/C=C\C/C=C\CCCCCCCCCCCOC(=O)CCCCCCCCCCCCCCCCCCCCC. The van der Waals surface area contributed by atoms with Gasteiger partial charge in [0, 0.05) is 12.8 Å². The lowest BCUT2D eigenvalue weighted by atomic mass is 10.0. The number of carbonyl (C=O) groups excluding carboxylic acids is 2. The van der Waals surface area contributed by atoms with Crippen molar-refractivity contribution in [2.45, 2.75) is 482 Å². The van der Waals surface area contributed by atoms with Crippen molar-refractivity contribution in [3.8, 4) is 0 Å². The Balaban J connectivity index is 3.36. The van der Waals surface area contributed by atoms with Crippen molar-refractivity contribution in [1.82, 2.24) is 5.32 Å². The molecule has 0 saturated carbocycles. The van der Waals surface area contributed by atoms with E-state index in [9.17, 15) is 19.8 Å². The third-order valence-corrected chi connectivity index (χ3v) is 19.5. The van der Waals surface area contributed by atoms with Crippen molar-refractivity contribution in [2.75, 3.05) is 13.2 Å². The Bertz CT molecular complexity index is 1400. The molecule has 0 fully saturated rings. The smallest absolute Gasteiger partial charge is 0.305 e. The lowest BCUT2D eigenvalue weighted by Crippen LogP contribution is -2.45. The Morgan fingerprint density at radius 3 is 0.854 bits per heavy atom. The topological polar surface area (TPSA) is 95.9 Å². The molecule has 0 rings (SSSR count). The van der Waals surface area contributed by atoms with Crippen LogP contribution < -0.4 is 5.32 Å². The van der Waals surface area contributed by atoms with Crippen LogP contribution in [0.4, 0.5) is 0 Å². The number of allylic oxidation sites excluding steroid dienone is 4. The van der Waals surface area contributed by atoms with Gasteiger partial charge in [0.05, 0.1) is 25.4 Å². The van der Waals surface area contributed by atoms with E-state index < -0.39 is 12.1 Å². The zero-order chi connectivity index (χ0) is 64.2. The molecule has 0 aromatic rings. The molecule has 0 aliphatic carbocycles. The number of carbonyl (C=O) groups is 2. The number of nitrogens with one attached hydrogen (secondary N) is 1. The highest BCUT2D eigenvalue weighted by Gasteiger charge is 2.20. The number of hydrogen-bond donors (Lipinski definition) is 3. The van der Waals surface area contributed by atoms with E-state index in [1.54, 1.807) is 0 Å². The molecule has 3 N–H and O–H groups in total. The van der Waals surface area contributed by atoms with Crippen LogP contribution >= 0.6 is 0 Å². The first-order valence-corrected chi connectivity index (χ1v) is 41.1. The highest BCUT2D eigenvalue weighted by Crippen LogP contribution is 2.20. The van der Waals surface area contributed by atoms with Crippen LogP contribution in [0.5, 0.6) is 0 Å². The molecule has 0 heterocycles. The second-order valence-corrected chi connectivity index (χ2v) is 28.5. The fourth-order valence-electron chi connectivity index (χ4n) is 13.3. The minimum atomic E-state index is -0.664. The summed E-state index contributed by atoms with van der Waals surface area (Å²) in [5.74, 6) is -0.00771. The van der Waals surface area contributed by atoms with Crippen molar-refractivity contribution in [2.24, 2.45) is 0 Å². The molecule has 89 heavy (non-hydrogen) atoms. The lowest BCUT2D eigenvalue weighted by molar-refractivity contribution is -0.143. The van der Waals surface area contributed by atoms with Crippen LogP contribution in [0.15, 0.2) is 24.3 Å². The fourth-order valence-corrected chi connectivity index (χ4v) is 13.3. The van der Waals surface area contributed by atoms with Crippen LogP contribution in [-0.4, -0.2) is 47.4 Å². The van der Waals surface area contributed by atoms with Gasteiger partial charge in [0.25, 0.3) is 0 Å². The summed E-state index contributed by atoms with van der Waals surface area (Å²) in [7, 11) is 0. The second kappa shape index (κ2) is 78.8. The van der Waals surface area contributed by atoms with E-state index in [0.717, 1.165) is 44.9 Å². The highest BCUT2D eigenvalue weighted by molar-refractivity contribution is 5.76. The maximum Gasteiger partial charge on any atom is 0.305 e. The van der Waals surface area contributed by atoms with Gasteiger partial charge < -0.3 is 20.3 Å². The van der Waals surface area contributed by atoms with Crippen LogP contribution in [0.3, 0.4) is 0 Å². The minimum Gasteiger partial charge on any atom is -0.466 e. The van der Waals surface area contributed by atoms with E-state index >= 15 is 0 Å². The Morgan fingerprint density at radius 1 is 0.315 bits per heavy atom. The number of aliphatic hydroxyl groups excluding tert-OH is 2. The molecule has 0 aliphatic rings. The Morgan fingerprint density at radius 2 is 0.562 bits per heavy atom. The predicted octanol–water partition coefficient (Wildman–Crippen LogP) is 27.2. The van der Waals surface area contributed by atoms with Crippen molar-refractivity contribution in [1.29, 1.82) is 0 Å². The maximum absolute atomic E-state index is 12.6. The van der Waals surface area contributed by atoms with Gasteiger partial charge in [-0.1, -0.05) is 423 Å². The van der Waals surface area contributed by atoms with Crippen LogP contribution in [0, 0.1) is 0 Å². The van der Waals surface area contributed by atoms with Crippen molar-refractivity contribution in [3.63, 3.8) is 0 Å². The summed E-state index contributed by atoms with van der Waals surface area (Å²) in [4.78, 5) is 24.7. The summed E-state index contributed by atoms with van der Waals surface area (Å²) in [6.07, 6.45) is 101. The van der Waals surface area contributed by atoms with E-state index in [1.807, 2.05) is 0 Å². The Labute approximate surface area is 558 Å². The molecule has 2 atom stereocenters. The summed E-state index contributed by atoms with van der Waals surface area (Å²) in [5.41, 5.74) is 0. The predicted molar refractivity (Wildman–Crippen MR) is 393 cm³/mol.